The summed E-state index contributed by atoms with van der Waals surface area (Å²) in [4.78, 5) is 0. The van der Waals surface area contributed by atoms with E-state index in [0.29, 0.717) is 6.61 Å². The monoisotopic (exact) mass is 410 g/mol. The normalized spacial score (nSPS) is 33.9. The minimum Gasteiger partial charge on any atom is -0.416 e. The van der Waals surface area contributed by atoms with Crippen molar-refractivity contribution in [1.29, 1.82) is 0 Å². The summed E-state index contributed by atoms with van der Waals surface area (Å²) in [5, 5.41) is 0.176. The summed E-state index contributed by atoms with van der Waals surface area (Å²) in [7, 11) is -2.25. The molecule has 2 saturated heterocycles. The van der Waals surface area contributed by atoms with Crippen LogP contribution in [0.15, 0.2) is 11.5 Å². The molecule has 0 aromatic carbocycles. The van der Waals surface area contributed by atoms with Crippen LogP contribution in [0.5, 0.6) is 0 Å². The Morgan fingerprint density at radius 3 is 2.04 bits per heavy atom. The zero-order valence-corrected chi connectivity index (χ0v) is 20.6. The minimum atomic E-state index is -1.84. The molecule has 0 radical (unpaired) electrons. The predicted octanol–water partition coefficient (Wildman–Crippen LogP) is 4.72. The SMILES string of the molecule is CC1(C)O[C@@H]2[C@@H](CO[Si](C)(C)C(C)(C)C)C=C(B3OC(C)(C)C(C)(C)O3)[C@@H]2O1. The predicted molar refractivity (Wildman–Crippen MR) is 115 cm³/mol. The topological polar surface area (TPSA) is 46.2 Å². The number of ether oxygens (including phenoxy) is 2. The molecule has 0 spiro atoms. The fourth-order valence-electron chi connectivity index (χ4n) is 3.65. The highest BCUT2D eigenvalue weighted by Gasteiger charge is 2.59. The second-order valence-electron chi connectivity index (χ2n) is 11.5. The molecular formula is C21H39BO5Si. The minimum absolute atomic E-state index is 0.0613. The molecule has 5 nitrogen and oxygen atoms in total. The Morgan fingerprint density at radius 2 is 1.54 bits per heavy atom. The molecular weight excluding hydrogens is 371 g/mol. The Labute approximate surface area is 172 Å². The van der Waals surface area contributed by atoms with Crippen LogP contribution < -0.4 is 0 Å². The van der Waals surface area contributed by atoms with E-state index in [4.69, 9.17) is 23.2 Å². The van der Waals surface area contributed by atoms with Gasteiger partial charge in [-0.1, -0.05) is 26.8 Å². The van der Waals surface area contributed by atoms with Crippen LogP contribution in [0.4, 0.5) is 0 Å². The van der Waals surface area contributed by atoms with Crippen molar-refractivity contribution in [2.75, 3.05) is 6.61 Å². The van der Waals surface area contributed by atoms with Crippen LogP contribution in [0.2, 0.25) is 18.1 Å². The van der Waals surface area contributed by atoms with Gasteiger partial charge in [0.2, 0.25) is 0 Å². The summed E-state index contributed by atoms with van der Waals surface area (Å²) in [6.45, 7) is 24.3. The van der Waals surface area contributed by atoms with E-state index in [0.717, 1.165) is 5.47 Å². The van der Waals surface area contributed by atoms with E-state index >= 15 is 0 Å². The zero-order valence-electron chi connectivity index (χ0n) is 19.6. The highest BCUT2D eigenvalue weighted by atomic mass is 28.4. The molecule has 0 amide bonds. The molecule has 2 heterocycles. The lowest BCUT2D eigenvalue weighted by Crippen LogP contribution is -2.43. The van der Waals surface area contributed by atoms with E-state index < -0.39 is 21.2 Å². The molecule has 0 bridgehead atoms. The van der Waals surface area contributed by atoms with Crippen molar-refractivity contribution in [2.24, 2.45) is 5.92 Å². The lowest BCUT2D eigenvalue weighted by molar-refractivity contribution is -0.149. The lowest BCUT2D eigenvalue weighted by Gasteiger charge is -2.37. The number of fused-ring (bicyclic) bond motifs is 1. The maximum absolute atomic E-state index is 6.52. The van der Waals surface area contributed by atoms with Crippen LogP contribution in [-0.2, 0) is 23.2 Å². The van der Waals surface area contributed by atoms with Gasteiger partial charge in [0.1, 0.15) is 6.10 Å². The largest absolute Gasteiger partial charge is 0.493 e. The van der Waals surface area contributed by atoms with Crippen molar-refractivity contribution >= 4 is 15.4 Å². The molecule has 0 N–H and O–H groups in total. The van der Waals surface area contributed by atoms with Crippen LogP contribution in [-0.4, -0.2) is 51.2 Å². The first-order valence-corrected chi connectivity index (χ1v) is 13.4. The van der Waals surface area contributed by atoms with Gasteiger partial charge in [-0.15, -0.1) is 0 Å². The third kappa shape index (κ3) is 3.91. The van der Waals surface area contributed by atoms with Crippen molar-refractivity contribution in [2.45, 2.75) is 110 Å². The number of hydrogen-bond acceptors (Lipinski definition) is 5. The van der Waals surface area contributed by atoms with Gasteiger partial charge in [-0.25, -0.2) is 0 Å². The summed E-state index contributed by atoms with van der Waals surface area (Å²) in [6, 6.07) is 0. The first kappa shape index (κ1) is 22.5. The molecule has 0 aromatic rings. The Hall–Kier alpha value is -0.178. The zero-order chi connectivity index (χ0) is 21.3. The van der Waals surface area contributed by atoms with Gasteiger partial charge in [0.15, 0.2) is 14.1 Å². The van der Waals surface area contributed by atoms with Gasteiger partial charge in [-0.3, -0.25) is 0 Å². The Morgan fingerprint density at radius 1 is 1.00 bits per heavy atom. The fraction of sp³-hybridized carbons (Fsp3) is 0.905. The van der Waals surface area contributed by atoms with Crippen LogP contribution >= 0.6 is 0 Å². The summed E-state index contributed by atoms with van der Waals surface area (Å²) in [6.07, 6.45) is 2.01. The molecule has 2 aliphatic heterocycles. The van der Waals surface area contributed by atoms with Crippen LogP contribution in [0.1, 0.15) is 62.3 Å². The van der Waals surface area contributed by atoms with E-state index in [1.54, 1.807) is 0 Å². The molecule has 0 unspecified atom stereocenters. The van der Waals surface area contributed by atoms with Crippen molar-refractivity contribution < 1.29 is 23.2 Å². The maximum atomic E-state index is 6.52. The standard InChI is InChI=1S/C21H39BO5Si/c1-18(2,3)28(10,11)23-13-14-12-15(17-16(14)24-21(8,9)25-17)22-26-19(4,5)20(6,7)27-22/h12,14,16-17H,13H2,1-11H3/t14-,16-,17+/m1/s1. The van der Waals surface area contributed by atoms with Crippen molar-refractivity contribution in [3.05, 3.63) is 11.5 Å². The molecule has 0 aromatic heterocycles. The van der Waals surface area contributed by atoms with Crippen molar-refractivity contribution in [3.63, 3.8) is 0 Å². The van der Waals surface area contributed by atoms with Gasteiger partial charge in [-0.2, -0.15) is 0 Å². The quantitative estimate of drug-likeness (QED) is 0.628. The Kier molecular flexibility index (Phi) is 5.35. The summed E-state index contributed by atoms with van der Waals surface area (Å²) in [5.41, 5.74) is 0.287. The lowest BCUT2D eigenvalue weighted by atomic mass is 9.76. The van der Waals surface area contributed by atoms with Crippen molar-refractivity contribution in [3.8, 4) is 0 Å². The van der Waals surface area contributed by atoms with Crippen LogP contribution in [0, 0.1) is 5.92 Å². The van der Waals surface area contributed by atoms with Crippen LogP contribution in [0.25, 0.3) is 0 Å². The molecule has 28 heavy (non-hydrogen) atoms. The summed E-state index contributed by atoms with van der Waals surface area (Å²) < 4.78 is 31.7. The molecule has 3 atom stereocenters. The van der Waals surface area contributed by atoms with Gasteiger partial charge >= 0.3 is 7.12 Å². The number of rotatable bonds is 4. The summed E-state index contributed by atoms with van der Waals surface area (Å²) >= 11 is 0. The second kappa shape index (κ2) is 6.66. The van der Waals surface area contributed by atoms with E-state index in [1.807, 2.05) is 13.8 Å². The van der Waals surface area contributed by atoms with Gasteiger partial charge in [-0.05, 0) is 65.1 Å². The number of hydrogen-bond donors (Lipinski definition) is 0. The third-order valence-electron chi connectivity index (χ3n) is 7.25. The van der Waals surface area contributed by atoms with Gasteiger partial charge in [0.25, 0.3) is 0 Å². The highest BCUT2D eigenvalue weighted by molar-refractivity contribution is 6.74. The molecule has 2 fully saturated rings. The van der Waals surface area contributed by atoms with E-state index in [-0.39, 0.29) is 34.4 Å². The fourth-order valence-corrected chi connectivity index (χ4v) is 4.69. The van der Waals surface area contributed by atoms with E-state index in [1.165, 1.54) is 0 Å². The van der Waals surface area contributed by atoms with Crippen LogP contribution in [0.3, 0.4) is 0 Å². The van der Waals surface area contributed by atoms with Gasteiger partial charge in [0.05, 0.1) is 17.3 Å². The average molecular weight is 410 g/mol. The first-order valence-electron chi connectivity index (χ1n) is 10.5. The molecule has 160 valence electrons. The van der Waals surface area contributed by atoms with E-state index in [2.05, 4.69) is 67.6 Å². The molecule has 0 saturated carbocycles. The molecule has 3 aliphatic rings. The summed E-state index contributed by atoms with van der Waals surface area (Å²) in [5.74, 6) is -0.483. The molecule has 3 rings (SSSR count). The molecule has 7 heteroatoms. The average Bonchev–Trinajstić information content (AvgIpc) is 3.02. The molecule has 1 aliphatic carbocycles. The Bertz CT molecular complexity index is 634. The smallest absolute Gasteiger partial charge is 0.416 e. The van der Waals surface area contributed by atoms with E-state index in [9.17, 15) is 0 Å². The maximum Gasteiger partial charge on any atom is 0.493 e. The van der Waals surface area contributed by atoms with Gasteiger partial charge < -0.3 is 23.2 Å². The van der Waals surface area contributed by atoms with Gasteiger partial charge in [0, 0.05) is 12.5 Å². The highest BCUT2D eigenvalue weighted by Crippen LogP contribution is 2.47. The van der Waals surface area contributed by atoms with Crippen molar-refractivity contribution in [1.82, 2.24) is 0 Å². The third-order valence-corrected chi connectivity index (χ3v) is 11.8. The second-order valence-corrected chi connectivity index (χ2v) is 16.3. The Balaban J connectivity index is 1.82. The first-order chi connectivity index (χ1) is 12.5.